The van der Waals surface area contributed by atoms with Crippen LogP contribution in [0.4, 0.5) is 0 Å². The number of pyridine rings is 1. The highest BCUT2D eigenvalue weighted by Crippen LogP contribution is 2.48. The summed E-state index contributed by atoms with van der Waals surface area (Å²) < 4.78 is 0. The summed E-state index contributed by atoms with van der Waals surface area (Å²) in [6.45, 7) is 5.48. The van der Waals surface area contributed by atoms with Crippen LogP contribution in [-0.2, 0) is 0 Å². The van der Waals surface area contributed by atoms with Crippen molar-refractivity contribution in [3.63, 3.8) is 0 Å². The molecule has 3 fully saturated rings. The van der Waals surface area contributed by atoms with Crippen LogP contribution in [0, 0.1) is 17.8 Å². The third kappa shape index (κ3) is 4.07. The first-order chi connectivity index (χ1) is 12.5. The molecular weight excluding hydrogens is 324 g/mol. The number of aromatic nitrogens is 1. The number of aliphatic hydroxyl groups is 1. The Morgan fingerprint density at radius 3 is 2.46 bits per heavy atom. The Morgan fingerprint density at radius 1 is 1.15 bits per heavy atom. The summed E-state index contributed by atoms with van der Waals surface area (Å²) in [5, 5.41) is 20.6. The zero-order valence-corrected chi connectivity index (χ0v) is 16.1. The van der Waals surface area contributed by atoms with Gasteiger partial charge in [0.25, 0.3) is 0 Å². The van der Waals surface area contributed by atoms with E-state index >= 15 is 0 Å². The third-order valence-corrected chi connectivity index (χ3v) is 7.14. The van der Waals surface area contributed by atoms with Crippen molar-refractivity contribution >= 4 is 0 Å². The van der Waals surface area contributed by atoms with Gasteiger partial charge < -0.3 is 15.1 Å². The van der Waals surface area contributed by atoms with Gasteiger partial charge in [-0.3, -0.25) is 4.98 Å². The molecule has 0 spiro atoms. The smallest absolute Gasteiger partial charge is 0.133 e. The maximum atomic E-state index is 11.2. The summed E-state index contributed by atoms with van der Waals surface area (Å²) in [5.41, 5.74) is 0.668. The lowest BCUT2D eigenvalue weighted by Gasteiger charge is -2.32. The van der Waals surface area contributed by atoms with Crippen LogP contribution in [-0.4, -0.2) is 45.3 Å². The molecule has 26 heavy (non-hydrogen) atoms. The average molecular weight is 359 g/mol. The summed E-state index contributed by atoms with van der Waals surface area (Å²) >= 11 is 0. The molecule has 2 saturated carbocycles. The molecule has 4 heteroatoms. The molecule has 2 heterocycles. The SMILES string of the molecule is CC(CN1C[C@@H]2CC(O)(CC3CCCCC3)C[C@@H]2C1)c1ccc(O)cn1. The fourth-order valence-electron chi connectivity index (χ4n) is 5.97. The molecule has 0 radical (unpaired) electrons. The highest BCUT2D eigenvalue weighted by atomic mass is 16.3. The van der Waals surface area contributed by atoms with Gasteiger partial charge >= 0.3 is 0 Å². The molecule has 2 unspecified atom stereocenters. The monoisotopic (exact) mass is 358 g/mol. The van der Waals surface area contributed by atoms with Crippen molar-refractivity contribution in [1.82, 2.24) is 9.88 Å². The molecule has 2 N–H and O–H groups in total. The molecule has 0 amide bonds. The molecule has 144 valence electrons. The second-order valence-corrected chi connectivity index (χ2v) is 9.42. The molecule has 1 aromatic rings. The standard InChI is InChI=1S/C22H34N2O2/c1-16(21-8-7-20(25)12-23-21)13-24-14-18-10-22(26,11-19(18)15-24)9-17-5-3-2-4-6-17/h7-8,12,16-19,25-26H,2-6,9-11,13-15H2,1H3/t16?,18-,19+,22?. The number of hydrogen-bond acceptors (Lipinski definition) is 4. The zero-order chi connectivity index (χ0) is 18.1. The molecular formula is C22H34N2O2. The summed E-state index contributed by atoms with van der Waals surface area (Å²) in [7, 11) is 0. The van der Waals surface area contributed by atoms with E-state index in [1.165, 1.54) is 38.3 Å². The molecule has 2 aliphatic carbocycles. The van der Waals surface area contributed by atoms with Crippen LogP contribution in [0.5, 0.6) is 5.75 Å². The minimum Gasteiger partial charge on any atom is -0.506 e. The Morgan fingerprint density at radius 2 is 1.85 bits per heavy atom. The van der Waals surface area contributed by atoms with Crippen molar-refractivity contribution in [1.29, 1.82) is 0 Å². The number of nitrogens with zero attached hydrogens (tertiary/aromatic N) is 2. The van der Waals surface area contributed by atoms with Crippen LogP contribution < -0.4 is 0 Å². The van der Waals surface area contributed by atoms with Crippen molar-refractivity contribution in [3.05, 3.63) is 24.0 Å². The summed E-state index contributed by atoms with van der Waals surface area (Å²) in [6.07, 6.45) is 11.4. The molecule has 1 saturated heterocycles. The van der Waals surface area contributed by atoms with E-state index in [1.54, 1.807) is 6.07 Å². The van der Waals surface area contributed by atoms with Crippen molar-refractivity contribution < 1.29 is 10.2 Å². The molecule has 0 aromatic carbocycles. The highest BCUT2D eigenvalue weighted by molar-refractivity contribution is 5.20. The van der Waals surface area contributed by atoms with E-state index in [0.29, 0.717) is 17.8 Å². The molecule has 3 aliphatic rings. The van der Waals surface area contributed by atoms with Gasteiger partial charge in [0, 0.05) is 31.2 Å². The Balaban J connectivity index is 1.28. The first-order valence-electron chi connectivity index (χ1n) is 10.6. The van der Waals surface area contributed by atoms with Gasteiger partial charge in [0.2, 0.25) is 0 Å². The molecule has 0 bridgehead atoms. The average Bonchev–Trinajstić information content (AvgIpc) is 3.10. The number of likely N-dealkylation sites (tertiary alicyclic amines) is 1. The number of fused-ring (bicyclic) bond motifs is 1. The molecule has 1 aliphatic heterocycles. The fraction of sp³-hybridized carbons (Fsp3) is 0.773. The predicted molar refractivity (Wildman–Crippen MR) is 103 cm³/mol. The van der Waals surface area contributed by atoms with E-state index in [1.807, 2.05) is 6.07 Å². The molecule has 4 atom stereocenters. The van der Waals surface area contributed by atoms with Crippen LogP contribution in [0.3, 0.4) is 0 Å². The van der Waals surface area contributed by atoms with E-state index in [-0.39, 0.29) is 11.4 Å². The van der Waals surface area contributed by atoms with Gasteiger partial charge in [0.1, 0.15) is 5.75 Å². The minimum absolute atomic E-state index is 0.230. The topological polar surface area (TPSA) is 56.6 Å². The van der Waals surface area contributed by atoms with E-state index in [4.69, 9.17) is 0 Å². The zero-order valence-electron chi connectivity index (χ0n) is 16.1. The largest absolute Gasteiger partial charge is 0.506 e. The minimum atomic E-state index is -0.381. The van der Waals surface area contributed by atoms with Crippen LogP contribution in [0.15, 0.2) is 18.3 Å². The number of hydrogen-bond donors (Lipinski definition) is 2. The van der Waals surface area contributed by atoms with Gasteiger partial charge in [-0.1, -0.05) is 39.0 Å². The van der Waals surface area contributed by atoms with E-state index in [9.17, 15) is 10.2 Å². The van der Waals surface area contributed by atoms with Crippen LogP contribution in [0.2, 0.25) is 0 Å². The quantitative estimate of drug-likeness (QED) is 0.837. The normalized spacial score (nSPS) is 34.1. The second kappa shape index (κ2) is 7.47. The maximum Gasteiger partial charge on any atom is 0.133 e. The number of rotatable bonds is 5. The van der Waals surface area contributed by atoms with Crippen molar-refractivity contribution in [2.24, 2.45) is 17.8 Å². The lowest BCUT2D eigenvalue weighted by molar-refractivity contribution is 0.00592. The van der Waals surface area contributed by atoms with Crippen molar-refractivity contribution in [2.75, 3.05) is 19.6 Å². The maximum absolute atomic E-state index is 11.2. The summed E-state index contributed by atoms with van der Waals surface area (Å²) in [5.74, 6) is 2.71. The Hall–Kier alpha value is -1.13. The highest BCUT2D eigenvalue weighted by Gasteiger charge is 2.48. The summed E-state index contributed by atoms with van der Waals surface area (Å²) in [4.78, 5) is 6.93. The van der Waals surface area contributed by atoms with Gasteiger partial charge in [-0.05, 0) is 49.1 Å². The van der Waals surface area contributed by atoms with E-state index in [0.717, 1.165) is 50.5 Å². The summed E-state index contributed by atoms with van der Waals surface area (Å²) in [6, 6.07) is 3.66. The molecule has 4 rings (SSSR count). The van der Waals surface area contributed by atoms with Crippen molar-refractivity contribution in [2.45, 2.75) is 69.8 Å². The molecule has 4 nitrogen and oxygen atoms in total. The van der Waals surface area contributed by atoms with E-state index < -0.39 is 0 Å². The van der Waals surface area contributed by atoms with Gasteiger partial charge in [-0.15, -0.1) is 0 Å². The van der Waals surface area contributed by atoms with Crippen LogP contribution in [0.1, 0.15) is 69.9 Å². The van der Waals surface area contributed by atoms with E-state index in [2.05, 4.69) is 16.8 Å². The second-order valence-electron chi connectivity index (χ2n) is 9.42. The lowest BCUT2D eigenvalue weighted by Crippen LogP contribution is -2.33. The first-order valence-corrected chi connectivity index (χ1v) is 10.6. The number of aromatic hydroxyl groups is 1. The lowest BCUT2D eigenvalue weighted by atomic mass is 9.79. The Labute approximate surface area is 157 Å². The van der Waals surface area contributed by atoms with Crippen molar-refractivity contribution in [3.8, 4) is 5.75 Å². The third-order valence-electron chi connectivity index (χ3n) is 7.14. The first kappa shape index (κ1) is 18.2. The Bertz CT molecular complexity index is 583. The van der Waals surface area contributed by atoms with Gasteiger partial charge in [-0.2, -0.15) is 0 Å². The fourth-order valence-corrected chi connectivity index (χ4v) is 5.97. The Kier molecular flexibility index (Phi) is 5.24. The van der Waals surface area contributed by atoms with Gasteiger partial charge in [-0.25, -0.2) is 0 Å². The predicted octanol–water partition coefficient (Wildman–Crippen LogP) is 3.93. The van der Waals surface area contributed by atoms with Crippen LogP contribution in [0.25, 0.3) is 0 Å². The van der Waals surface area contributed by atoms with Gasteiger partial charge in [0.15, 0.2) is 0 Å². The van der Waals surface area contributed by atoms with Crippen LogP contribution >= 0.6 is 0 Å². The molecule has 1 aromatic heterocycles. The van der Waals surface area contributed by atoms with Gasteiger partial charge in [0.05, 0.1) is 11.8 Å².